The van der Waals surface area contributed by atoms with Crippen LogP contribution < -0.4 is 9.62 Å². The third kappa shape index (κ3) is 4.95. The zero-order chi connectivity index (χ0) is 26.2. The average molecular weight is 512 g/mol. The summed E-state index contributed by atoms with van der Waals surface area (Å²) < 4.78 is 28.7. The van der Waals surface area contributed by atoms with E-state index in [1.807, 2.05) is 61.5 Å². The Morgan fingerprint density at radius 3 is 2.22 bits per heavy atom. The van der Waals surface area contributed by atoms with Crippen molar-refractivity contribution in [2.75, 3.05) is 15.9 Å². The molecule has 0 saturated heterocycles. The molecule has 1 N–H and O–H groups in total. The SMILES string of the molecule is CCn1c2ccccc2c2cc(NC(=O)c3ccc(N(Cc4ccc(C)cc4)S(C)(=O)=O)cc3)ccc21. The fourth-order valence-corrected chi connectivity index (χ4v) is 5.60. The van der Waals surface area contributed by atoms with Gasteiger partial charge in [-0.15, -0.1) is 0 Å². The maximum Gasteiger partial charge on any atom is 0.255 e. The van der Waals surface area contributed by atoms with Crippen molar-refractivity contribution >= 4 is 49.1 Å². The van der Waals surface area contributed by atoms with Crippen molar-refractivity contribution in [1.82, 2.24) is 4.57 Å². The maximum atomic E-state index is 13.0. The summed E-state index contributed by atoms with van der Waals surface area (Å²) in [4.78, 5) is 13.0. The van der Waals surface area contributed by atoms with Gasteiger partial charge in [0.15, 0.2) is 0 Å². The number of aromatic nitrogens is 1. The minimum absolute atomic E-state index is 0.218. The number of hydrogen-bond acceptors (Lipinski definition) is 3. The van der Waals surface area contributed by atoms with Crippen LogP contribution in [0.4, 0.5) is 11.4 Å². The van der Waals surface area contributed by atoms with Gasteiger partial charge in [0, 0.05) is 39.6 Å². The summed E-state index contributed by atoms with van der Waals surface area (Å²) in [7, 11) is -3.52. The second-order valence-electron chi connectivity index (χ2n) is 9.25. The van der Waals surface area contributed by atoms with Crippen LogP contribution in [0.3, 0.4) is 0 Å². The first-order valence-electron chi connectivity index (χ1n) is 12.2. The van der Waals surface area contributed by atoms with Gasteiger partial charge < -0.3 is 9.88 Å². The van der Waals surface area contributed by atoms with Gasteiger partial charge in [-0.25, -0.2) is 8.42 Å². The van der Waals surface area contributed by atoms with Gasteiger partial charge in [-0.05, 0) is 67.9 Å². The molecule has 0 aliphatic carbocycles. The monoisotopic (exact) mass is 511 g/mol. The number of fused-ring (bicyclic) bond motifs is 3. The summed E-state index contributed by atoms with van der Waals surface area (Å²) in [5.74, 6) is -0.255. The molecule has 0 fully saturated rings. The first-order chi connectivity index (χ1) is 17.7. The molecular formula is C30H29N3O3S. The van der Waals surface area contributed by atoms with E-state index in [9.17, 15) is 13.2 Å². The van der Waals surface area contributed by atoms with Crippen molar-refractivity contribution in [1.29, 1.82) is 0 Å². The summed E-state index contributed by atoms with van der Waals surface area (Å²) in [6.45, 7) is 5.19. The molecule has 0 radical (unpaired) electrons. The van der Waals surface area contributed by atoms with Crippen molar-refractivity contribution in [2.24, 2.45) is 0 Å². The molecule has 0 saturated carbocycles. The van der Waals surface area contributed by atoms with E-state index >= 15 is 0 Å². The normalized spacial score (nSPS) is 11.6. The summed E-state index contributed by atoms with van der Waals surface area (Å²) >= 11 is 0. The Hall–Kier alpha value is -4.10. The van der Waals surface area contributed by atoms with Crippen LogP contribution in [0.1, 0.15) is 28.4 Å². The van der Waals surface area contributed by atoms with Gasteiger partial charge in [0.05, 0.1) is 18.5 Å². The fourth-order valence-electron chi connectivity index (χ4n) is 4.71. The number of carbonyl (C=O) groups excluding carboxylic acids is 1. The van der Waals surface area contributed by atoms with E-state index in [1.54, 1.807) is 24.3 Å². The first kappa shape index (κ1) is 24.6. The number of nitrogens with one attached hydrogen (secondary N) is 1. The highest BCUT2D eigenvalue weighted by molar-refractivity contribution is 7.92. The molecule has 0 atom stereocenters. The Balaban J connectivity index is 1.38. The van der Waals surface area contributed by atoms with Crippen molar-refractivity contribution in [3.8, 4) is 0 Å². The number of hydrogen-bond donors (Lipinski definition) is 1. The maximum absolute atomic E-state index is 13.0. The fraction of sp³-hybridized carbons (Fsp3) is 0.167. The van der Waals surface area contributed by atoms with Crippen LogP contribution in [0, 0.1) is 6.92 Å². The van der Waals surface area contributed by atoms with E-state index in [2.05, 4.69) is 28.9 Å². The third-order valence-electron chi connectivity index (χ3n) is 6.61. The summed E-state index contributed by atoms with van der Waals surface area (Å²) in [5, 5.41) is 5.22. The minimum Gasteiger partial charge on any atom is -0.341 e. The summed E-state index contributed by atoms with van der Waals surface area (Å²) in [6, 6.07) is 28.6. The molecule has 5 rings (SSSR count). The number of carbonyl (C=O) groups is 1. The van der Waals surface area contributed by atoms with Gasteiger partial charge in [0.2, 0.25) is 10.0 Å². The number of nitrogens with zero attached hydrogens (tertiary/aromatic N) is 2. The molecular weight excluding hydrogens is 482 g/mol. The van der Waals surface area contributed by atoms with Crippen LogP contribution >= 0.6 is 0 Å². The van der Waals surface area contributed by atoms with E-state index in [0.29, 0.717) is 16.9 Å². The van der Waals surface area contributed by atoms with Gasteiger partial charge in [-0.3, -0.25) is 9.10 Å². The second-order valence-corrected chi connectivity index (χ2v) is 11.2. The number of sulfonamides is 1. The summed E-state index contributed by atoms with van der Waals surface area (Å²) in [6.07, 6.45) is 1.19. The number of benzene rings is 4. The molecule has 0 aliphatic heterocycles. The average Bonchev–Trinajstić information content (AvgIpc) is 3.20. The van der Waals surface area contributed by atoms with Gasteiger partial charge in [-0.2, -0.15) is 0 Å². The number of aryl methyl sites for hydroxylation is 2. The molecule has 7 heteroatoms. The highest BCUT2D eigenvalue weighted by Gasteiger charge is 2.19. The molecule has 0 unspecified atom stereocenters. The molecule has 37 heavy (non-hydrogen) atoms. The Bertz CT molecular complexity index is 1700. The number of amides is 1. The van der Waals surface area contributed by atoms with E-state index in [-0.39, 0.29) is 12.5 Å². The van der Waals surface area contributed by atoms with E-state index in [0.717, 1.165) is 34.0 Å². The lowest BCUT2D eigenvalue weighted by molar-refractivity contribution is 0.102. The van der Waals surface area contributed by atoms with Crippen LogP contribution in [0.5, 0.6) is 0 Å². The standard InChI is InChI=1S/C30H29N3O3S/c1-4-32-28-8-6-5-7-26(28)27-19-24(15-18-29(27)32)31-30(34)23-13-16-25(17-14-23)33(37(3,35)36)20-22-11-9-21(2)10-12-22/h5-19H,4,20H2,1-3H3,(H,31,34). The molecule has 1 amide bonds. The quantitative estimate of drug-likeness (QED) is 0.277. The number of rotatable bonds is 7. The van der Waals surface area contributed by atoms with Crippen LogP contribution in [-0.2, 0) is 23.1 Å². The van der Waals surface area contributed by atoms with Gasteiger partial charge in [0.1, 0.15) is 0 Å². The molecule has 4 aromatic carbocycles. The molecule has 1 aromatic heterocycles. The lowest BCUT2D eigenvalue weighted by atomic mass is 10.1. The van der Waals surface area contributed by atoms with Crippen molar-refractivity contribution in [3.05, 3.63) is 108 Å². The zero-order valence-corrected chi connectivity index (χ0v) is 21.9. The number of anilines is 2. The predicted octanol–water partition coefficient (Wildman–Crippen LogP) is 6.34. The lowest BCUT2D eigenvalue weighted by Crippen LogP contribution is -2.29. The Labute approximate surface area is 217 Å². The largest absolute Gasteiger partial charge is 0.341 e. The molecule has 0 spiro atoms. The van der Waals surface area contributed by atoms with Gasteiger partial charge in [0.25, 0.3) is 5.91 Å². The van der Waals surface area contributed by atoms with Crippen LogP contribution in [0.2, 0.25) is 0 Å². The molecule has 0 bridgehead atoms. The third-order valence-corrected chi connectivity index (χ3v) is 7.75. The molecule has 0 aliphatic rings. The summed E-state index contributed by atoms with van der Waals surface area (Å²) in [5.41, 5.74) is 5.95. The van der Waals surface area contributed by atoms with Crippen molar-refractivity contribution in [2.45, 2.75) is 26.9 Å². The van der Waals surface area contributed by atoms with Crippen LogP contribution in [0.15, 0.2) is 91.0 Å². The Kier molecular flexibility index (Phi) is 6.48. The lowest BCUT2D eigenvalue weighted by Gasteiger charge is -2.23. The topological polar surface area (TPSA) is 71.4 Å². The minimum atomic E-state index is -3.52. The first-order valence-corrected chi connectivity index (χ1v) is 14.0. The second kappa shape index (κ2) is 9.75. The molecule has 6 nitrogen and oxygen atoms in total. The van der Waals surface area contributed by atoms with Crippen LogP contribution in [0.25, 0.3) is 21.8 Å². The van der Waals surface area contributed by atoms with Crippen molar-refractivity contribution in [3.63, 3.8) is 0 Å². The molecule has 1 heterocycles. The molecule has 5 aromatic rings. The van der Waals surface area contributed by atoms with E-state index in [4.69, 9.17) is 0 Å². The van der Waals surface area contributed by atoms with Crippen molar-refractivity contribution < 1.29 is 13.2 Å². The highest BCUT2D eigenvalue weighted by atomic mass is 32.2. The molecule has 188 valence electrons. The Morgan fingerprint density at radius 2 is 1.54 bits per heavy atom. The highest BCUT2D eigenvalue weighted by Crippen LogP contribution is 2.31. The Morgan fingerprint density at radius 1 is 0.865 bits per heavy atom. The van der Waals surface area contributed by atoms with Crippen LogP contribution in [-0.4, -0.2) is 25.1 Å². The predicted molar refractivity (Wildman–Crippen MR) is 152 cm³/mol. The van der Waals surface area contributed by atoms with Gasteiger partial charge >= 0.3 is 0 Å². The van der Waals surface area contributed by atoms with E-state index < -0.39 is 10.0 Å². The smallest absolute Gasteiger partial charge is 0.255 e. The number of para-hydroxylation sites is 1. The van der Waals surface area contributed by atoms with E-state index in [1.165, 1.54) is 16.1 Å². The van der Waals surface area contributed by atoms with Gasteiger partial charge in [-0.1, -0.05) is 48.0 Å². The zero-order valence-electron chi connectivity index (χ0n) is 21.1.